The molecule has 0 aromatic carbocycles. The summed E-state index contributed by atoms with van der Waals surface area (Å²) in [6, 6.07) is 0. The van der Waals surface area contributed by atoms with Crippen LogP contribution in [0.25, 0.3) is 0 Å². The summed E-state index contributed by atoms with van der Waals surface area (Å²) < 4.78 is 156. The number of sulfonamides is 2. The highest BCUT2D eigenvalue weighted by molar-refractivity contribution is 7.98. The van der Waals surface area contributed by atoms with E-state index in [1.807, 2.05) is 0 Å². The van der Waals surface area contributed by atoms with Gasteiger partial charge in [-0.05, 0) is 6.92 Å². The molecule has 0 radical (unpaired) electrons. The Hall–Kier alpha value is -1.26. The van der Waals surface area contributed by atoms with Gasteiger partial charge in [0.15, 0.2) is 0 Å². The van der Waals surface area contributed by atoms with E-state index >= 15 is 0 Å². The molecule has 0 spiro atoms. The van der Waals surface area contributed by atoms with E-state index in [0.29, 0.717) is 6.92 Å². The molecule has 0 aliphatic rings. The van der Waals surface area contributed by atoms with Crippen molar-refractivity contribution in [3.05, 3.63) is 0 Å². The smallest absolute Gasteiger partial charge is 0.440 e. The first-order chi connectivity index (χ1) is 9.81. The highest BCUT2D eigenvalue weighted by Gasteiger charge is 2.71. The van der Waals surface area contributed by atoms with Crippen LogP contribution < -0.4 is 0 Å². The first-order valence-corrected chi connectivity index (χ1v) is 7.69. The second kappa shape index (κ2) is 5.99. The molecule has 6 nitrogen and oxygen atoms in total. The summed E-state index contributed by atoms with van der Waals surface area (Å²) in [5.74, 6) is -3.52. The number of hydrogen-bond acceptors (Lipinski definition) is 5. The van der Waals surface area contributed by atoms with Crippen LogP contribution in [0.4, 0.5) is 39.5 Å². The van der Waals surface area contributed by atoms with E-state index in [-0.39, 0.29) is 0 Å². The first kappa shape index (κ1) is 21.7. The molecule has 0 atom stereocenters. The monoisotopic (exact) mass is 406 g/mol. The molecular weight excluding hydrogens is 401 g/mol. The van der Waals surface area contributed by atoms with Gasteiger partial charge in [0.2, 0.25) is 0 Å². The predicted molar refractivity (Wildman–Crippen MR) is 52.9 cm³/mol. The summed E-state index contributed by atoms with van der Waals surface area (Å²) >= 11 is 0. The van der Waals surface area contributed by atoms with Crippen LogP contribution in [0.1, 0.15) is 6.92 Å². The van der Waals surface area contributed by atoms with E-state index in [2.05, 4.69) is 4.74 Å². The highest BCUT2D eigenvalue weighted by Crippen LogP contribution is 2.34. The van der Waals surface area contributed by atoms with Crippen LogP contribution in [0.3, 0.4) is 0 Å². The van der Waals surface area contributed by atoms with Gasteiger partial charge in [0.25, 0.3) is 0 Å². The Labute approximate surface area is 122 Å². The molecule has 0 fully saturated rings. The minimum Gasteiger partial charge on any atom is -0.440 e. The Morgan fingerprint density at radius 3 is 1.30 bits per heavy atom. The number of alkyl halides is 9. The topological polar surface area (TPSA) is 80.5 Å². The number of hydrogen-bond donors (Lipinski definition) is 0. The number of halogens is 9. The third-order valence-electron chi connectivity index (χ3n) is 1.71. The SMILES string of the molecule is CCOC(=[N+](S(=O)(=O)C(F)(F)F)S(=O)(=O)C(F)(F)F)C(F)(F)F. The summed E-state index contributed by atoms with van der Waals surface area (Å²) in [7, 11) is -15.3. The van der Waals surface area contributed by atoms with Crippen LogP contribution in [-0.4, -0.2) is 49.9 Å². The van der Waals surface area contributed by atoms with Gasteiger partial charge in [-0.25, -0.2) is 0 Å². The number of ether oxygens (including phenoxy) is 1. The molecule has 0 heterocycles. The van der Waals surface area contributed by atoms with Gasteiger partial charge in [-0.3, -0.25) is 0 Å². The fourth-order valence-corrected chi connectivity index (χ4v) is 3.58. The molecule has 23 heavy (non-hydrogen) atoms. The normalized spacial score (nSPS) is 14.5. The maximum Gasteiger partial charge on any atom is 0.561 e. The second-order valence-electron chi connectivity index (χ2n) is 3.33. The third kappa shape index (κ3) is 4.18. The lowest BCUT2D eigenvalue weighted by molar-refractivity contribution is -0.269. The van der Waals surface area contributed by atoms with Crippen molar-refractivity contribution in [2.75, 3.05) is 6.61 Å². The van der Waals surface area contributed by atoms with Crippen molar-refractivity contribution in [1.82, 2.24) is 0 Å². The molecule has 138 valence electrons. The Kier molecular flexibility index (Phi) is 5.66. The highest BCUT2D eigenvalue weighted by atomic mass is 32.3. The number of rotatable bonds is 3. The van der Waals surface area contributed by atoms with Gasteiger partial charge in [-0.15, -0.1) is 0 Å². The van der Waals surface area contributed by atoms with E-state index in [9.17, 15) is 56.3 Å². The van der Waals surface area contributed by atoms with Crippen molar-refractivity contribution in [3.63, 3.8) is 0 Å². The number of nitrogens with zero attached hydrogens (tertiary/aromatic N) is 1. The zero-order valence-electron chi connectivity index (χ0n) is 10.4. The quantitative estimate of drug-likeness (QED) is 0.309. The third-order valence-corrected chi connectivity index (χ3v) is 5.26. The molecule has 0 amide bonds. The fraction of sp³-hybridized carbons (Fsp3) is 0.833. The largest absolute Gasteiger partial charge is 0.561 e. The maximum absolute atomic E-state index is 12.5. The van der Waals surface area contributed by atoms with Crippen molar-refractivity contribution in [2.24, 2.45) is 0 Å². The van der Waals surface area contributed by atoms with E-state index in [1.165, 1.54) is 0 Å². The molecule has 0 aliphatic carbocycles. The molecule has 0 saturated heterocycles. The molecule has 0 aromatic rings. The summed E-state index contributed by atoms with van der Waals surface area (Å²) in [5.41, 5.74) is -13.6. The average molecular weight is 406 g/mol. The molecule has 0 saturated carbocycles. The Morgan fingerprint density at radius 2 is 1.13 bits per heavy atom. The van der Waals surface area contributed by atoms with Crippen LogP contribution in [0, 0.1) is 0 Å². The first-order valence-electron chi connectivity index (χ1n) is 4.81. The standard InChI is InChI=1S/C6H5F9NO5S2/c1-2-21-3(4(7,8)9)16(22(17,18)5(10,11)12)23(19,20)6(13,14)15/h2H2,1H3/q+1. The molecule has 0 rings (SSSR count). The molecule has 17 heteroatoms. The Bertz CT molecular complexity index is 635. The zero-order valence-corrected chi connectivity index (χ0v) is 12.0. The van der Waals surface area contributed by atoms with Crippen LogP contribution in [0.15, 0.2) is 0 Å². The molecule has 0 aliphatic heterocycles. The summed E-state index contributed by atoms with van der Waals surface area (Å²) in [6.07, 6.45) is -6.30. The second-order valence-corrected chi connectivity index (χ2v) is 7.12. The predicted octanol–water partition coefficient (Wildman–Crippen LogP) is 1.70. The minimum atomic E-state index is -7.64. The minimum absolute atomic E-state index is 0.629. The molecular formula is C6H5F9NO5S2+. The van der Waals surface area contributed by atoms with Gasteiger partial charge in [-0.1, -0.05) is 0 Å². The summed E-state index contributed by atoms with van der Waals surface area (Å²) in [4.78, 5) is 0. The van der Waals surface area contributed by atoms with Gasteiger partial charge < -0.3 is 4.74 Å². The van der Waals surface area contributed by atoms with Crippen molar-refractivity contribution in [1.29, 1.82) is 0 Å². The van der Waals surface area contributed by atoms with Crippen molar-refractivity contribution >= 4 is 25.9 Å². The van der Waals surface area contributed by atoms with E-state index < -0.39 is 53.1 Å². The lowest BCUT2D eigenvalue weighted by atomic mass is 10.6. The fourth-order valence-electron chi connectivity index (χ4n) is 0.910. The van der Waals surface area contributed by atoms with Crippen LogP contribution in [-0.2, 0) is 24.8 Å². The zero-order chi connectivity index (χ0) is 19.1. The average Bonchev–Trinajstić information content (AvgIpc) is 2.23. The Morgan fingerprint density at radius 1 is 0.826 bits per heavy atom. The molecule has 0 bridgehead atoms. The van der Waals surface area contributed by atoms with E-state index in [4.69, 9.17) is 0 Å². The maximum atomic E-state index is 12.5. The van der Waals surface area contributed by atoms with Crippen molar-refractivity contribution in [3.8, 4) is 0 Å². The van der Waals surface area contributed by atoms with Gasteiger partial charge in [0.1, 0.15) is 0 Å². The molecule has 0 unspecified atom stereocenters. The Balaban J connectivity index is 7.23. The van der Waals surface area contributed by atoms with Crippen molar-refractivity contribution in [2.45, 2.75) is 24.1 Å². The van der Waals surface area contributed by atoms with Crippen LogP contribution in [0.2, 0.25) is 0 Å². The lowest BCUT2D eigenvalue weighted by Gasteiger charge is -2.13. The lowest BCUT2D eigenvalue weighted by Crippen LogP contribution is -2.50. The van der Waals surface area contributed by atoms with Gasteiger partial charge in [0.05, 0.1) is 9.99 Å². The molecule has 0 aromatic heterocycles. The molecule has 0 N–H and O–H groups in total. The van der Waals surface area contributed by atoms with Crippen LogP contribution >= 0.6 is 0 Å². The van der Waals surface area contributed by atoms with E-state index in [0.717, 1.165) is 0 Å². The van der Waals surface area contributed by atoms with Crippen molar-refractivity contribution < 1.29 is 64.5 Å². The summed E-state index contributed by atoms with van der Waals surface area (Å²) in [6.45, 7) is -0.656. The summed E-state index contributed by atoms with van der Waals surface area (Å²) in [5, 5.41) is 0. The van der Waals surface area contributed by atoms with Gasteiger partial charge in [0, 0.05) is 0 Å². The van der Waals surface area contributed by atoms with E-state index in [1.54, 1.807) is 0 Å². The van der Waals surface area contributed by atoms with Gasteiger partial charge in [-0.2, -0.15) is 56.3 Å². The van der Waals surface area contributed by atoms with Gasteiger partial charge >= 0.3 is 43.1 Å². The van der Waals surface area contributed by atoms with Crippen LogP contribution in [0.5, 0.6) is 0 Å².